The summed E-state index contributed by atoms with van der Waals surface area (Å²) in [7, 11) is 3.35. The van der Waals surface area contributed by atoms with Crippen molar-refractivity contribution in [2.24, 2.45) is 0 Å². The Morgan fingerprint density at radius 1 is 1.20 bits per heavy atom. The number of hydrogen-bond donors (Lipinski definition) is 1. The van der Waals surface area contributed by atoms with E-state index in [1.54, 1.807) is 25.6 Å². The van der Waals surface area contributed by atoms with Crippen molar-refractivity contribution in [3.05, 3.63) is 40.3 Å². The van der Waals surface area contributed by atoms with Gasteiger partial charge in [0.05, 0.1) is 20.3 Å². The minimum absolute atomic E-state index is 0.0000463. The minimum atomic E-state index is 0.0000463. The van der Waals surface area contributed by atoms with Crippen LogP contribution in [0.1, 0.15) is 30.5 Å². The molecule has 0 radical (unpaired) electrons. The van der Waals surface area contributed by atoms with E-state index < -0.39 is 0 Å². The molecule has 2 rings (SSSR count). The molecular weight excluding hydrogens is 272 g/mol. The van der Waals surface area contributed by atoms with Gasteiger partial charge in [-0.2, -0.15) is 0 Å². The monoisotopic (exact) mass is 292 g/mol. The number of thiazole rings is 1. The van der Waals surface area contributed by atoms with Gasteiger partial charge in [-0.05, 0) is 32.0 Å². The van der Waals surface area contributed by atoms with Crippen molar-refractivity contribution in [1.29, 1.82) is 0 Å². The van der Waals surface area contributed by atoms with Crippen LogP contribution in [0.5, 0.6) is 11.5 Å². The molecule has 0 amide bonds. The second-order valence-corrected chi connectivity index (χ2v) is 5.66. The number of aromatic nitrogens is 1. The van der Waals surface area contributed by atoms with Gasteiger partial charge in [0, 0.05) is 23.2 Å². The zero-order valence-electron chi connectivity index (χ0n) is 12.2. The van der Waals surface area contributed by atoms with Gasteiger partial charge in [0.1, 0.15) is 16.5 Å². The molecule has 0 saturated heterocycles. The highest BCUT2D eigenvalue weighted by atomic mass is 32.1. The zero-order chi connectivity index (χ0) is 14.5. The fourth-order valence-electron chi connectivity index (χ4n) is 2.07. The molecule has 108 valence electrons. The first-order chi connectivity index (χ1) is 9.65. The van der Waals surface area contributed by atoms with Crippen LogP contribution in [0.3, 0.4) is 0 Å². The fourth-order valence-corrected chi connectivity index (χ4v) is 2.78. The highest BCUT2D eigenvalue weighted by Crippen LogP contribution is 2.34. The third-order valence-corrected chi connectivity index (χ3v) is 3.79. The van der Waals surface area contributed by atoms with Gasteiger partial charge in [0.25, 0.3) is 0 Å². The van der Waals surface area contributed by atoms with E-state index in [2.05, 4.69) is 24.1 Å². The van der Waals surface area contributed by atoms with Crippen LogP contribution in [0.25, 0.3) is 0 Å². The van der Waals surface area contributed by atoms with E-state index in [1.807, 2.05) is 29.8 Å². The largest absolute Gasteiger partial charge is 0.497 e. The predicted molar refractivity (Wildman–Crippen MR) is 81.8 cm³/mol. The average molecular weight is 292 g/mol. The summed E-state index contributed by atoms with van der Waals surface area (Å²) in [6, 6.07) is 6.16. The molecule has 0 aliphatic heterocycles. The Bertz CT molecular complexity index is 541. The lowest BCUT2D eigenvalue weighted by Gasteiger charge is -2.22. The molecule has 1 heterocycles. The lowest BCUT2D eigenvalue weighted by atomic mass is 10.0. The van der Waals surface area contributed by atoms with Crippen LogP contribution in [-0.2, 0) is 0 Å². The van der Waals surface area contributed by atoms with Crippen LogP contribution < -0.4 is 14.8 Å². The van der Waals surface area contributed by atoms with Gasteiger partial charge in [-0.15, -0.1) is 11.3 Å². The van der Waals surface area contributed by atoms with Crippen LogP contribution in [0.2, 0.25) is 0 Å². The Morgan fingerprint density at radius 2 is 2.00 bits per heavy atom. The molecule has 0 fully saturated rings. The fraction of sp³-hybridized carbons (Fsp3) is 0.400. The molecule has 4 nitrogen and oxygen atoms in total. The molecule has 2 aromatic rings. The Kier molecular flexibility index (Phi) is 4.98. The van der Waals surface area contributed by atoms with Crippen molar-refractivity contribution in [3.63, 3.8) is 0 Å². The maximum absolute atomic E-state index is 5.49. The molecule has 1 aromatic heterocycles. The third kappa shape index (κ3) is 3.29. The lowest BCUT2D eigenvalue weighted by Crippen LogP contribution is -2.29. The van der Waals surface area contributed by atoms with Crippen LogP contribution in [0.4, 0.5) is 0 Å². The molecule has 1 N–H and O–H groups in total. The average Bonchev–Trinajstić information content (AvgIpc) is 2.97. The zero-order valence-corrected chi connectivity index (χ0v) is 13.0. The highest BCUT2D eigenvalue weighted by molar-refractivity contribution is 7.09. The summed E-state index contributed by atoms with van der Waals surface area (Å²) in [6.45, 7) is 4.24. The molecule has 20 heavy (non-hydrogen) atoms. The summed E-state index contributed by atoms with van der Waals surface area (Å²) < 4.78 is 10.8. The quantitative estimate of drug-likeness (QED) is 0.887. The predicted octanol–water partition coefficient (Wildman–Crippen LogP) is 3.25. The molecule has 5 heteroatoms. The van der Waals surface area contributed by atoms with Gasteiger partial charge in [0.2, 0.25) is 0 Å². The van der Waals surface area contributed by atoms with Crippen molar-refractivity contribution in [1.82, 2.24) is 10.3 Å². The summed E-state index contributed by atoms with van der Waals surface area (Å²) in [5.74, 6) is 1.65. The van der Waals surface area contributed by atoms with Crippen molar-refractivity contribution in [2.75, 3.05) is 14.2 Å². The van der Waals surface area contributed by atoms with Gasteiger partial charge in [-0.1, -0.05) is 0 Å². The van der Waals surface area contributed by atoms with Gasteiger partial charge < -0.3 is 14.8 Å². The molecule has 0 aliphatic carbocycles. The van der Waals surface area contributed by atoms with Gasteiger partial charge in [0.15, 0.2) is 0 Å². The SMILES string of the molecule is COc1ccc(OC)c(C(NC(C)C)c2nccs2)c1. The molecule has 0 saturated carbocycles. The molecular formula is C15H20N2O2S. The van der Waals surface area contributed by atoms with E-state index in [9.17, 15) is 0 Å². The maximum Gasteiger partial charge on any atom is 0.124 e. The molecule has 1 aromatic carbocycles. The number of ether oxygens (including phenoxy) is 2. The van der Waals surface area contributed by atoms with Crippen LogP contribution in [0.15, 0.2) is 29.8 Å². The number of nitrogens with zero attached hydrogens (tertiary/aromatic N) is 1. The first-order valence-corrected chi connectivity index (χ1v) is 7.41. The van der Waals surface area contributed by atoms with Gasteiger partial charge >= 0.3 is 0 Å². The normalized spacial score (nSPS) is 12.4. The van der Waals surface area contributed by atoms with Crippen molar-refractivity contribution in [2.45, 2.75) is 25.9 Å². The summed E-state index contributed by atoms with van der Waals surface area (Å²) in [4.78, 5) is 4.44. The first kappa shape index (κ1) is 14.8. The standard InChI is InChI=1S/C15H20N2O2S/c1-10(2)17-14(15-16-7-8-20-15)12-9-11(18-3)5-6-13(12)19-4/h5-10,14,17H,1-4H3. The summed E-state index contributed by atoms with van der Waals surface area (Å²) in [6.07, 6.45) is 1.82. The topological polar surface area (TPSA) is 43.4 Å². The number of benzene rings is 1. The number of rotatable bonds is 6. The minimum Gasteiger partial charge on any atom is -0.497 e. The lowest BCUT2D eigenvalue weighted by molar-refractivity contribution is 0.391. The van der Waals surface area contributed by atoms with E-state index in [-0.39, 0.29) is 6.04 Å². The Hall–Kier alpha value is -1.59. The smallest absolute Gasteiger partial charge is 0.124 e. The number of methoxy groups -OCH3 is 2. The van der Waals surface area contributed by atoms with Gasteiger partial charge in [-0.25, -0.2) is 4.98 Å². The summed E-state index contributed by atoms with van der Waals surface area (Å²) >= 11 is 1.63. The Balaban J connectivity index is 2.46. The van der Waals surface area contributed by atoms with Crippen LogP contribution in [0, 0.1) is 0 Å². The van der Waals surface area contributed by atoms with Crippen LogP contribution >= 0.6 is 11.3 Å². The molecule has 1 atom stereocenters. The highest BCUT2D eigenvalue weighted by Gasteiger charge is 2.22. The second kappa shape index (κ2) is 6.72. The van der Waals surface area contributed by atoms with Gasteiger partial charge in [-0.3, -0.25) is 0 Å². The maximum atomic E-state index is 5.49. The van der Waals surface area contributed by atoms with Crippen molar-refractivity contribution < 1.29 is 9.47 Å². The van der Waals surface area contributed by atoms with Crippen LogP contribution in [-0.4, -0.2) is 25.2 Å². The van der Waals surface area contributed by atoms with Crippen molar-refractivity contribution >= 4 is 11.3 Å². The molecule has 1 unspecified atom stereocenters. The Morgan fingerprint density at radius 3 is 2.55 bits per heavy atom. The molecule has 0 spiro atoms. The first-order valence-electron chi connectivity index (χ1n) is 6.53. The Labute approximate surface area is 123 Å². The number of nitrogens with one attached hydrogen (secondary N) is 1. The van der Waals surface area contributed by atoms with Crippen molar-refractivity contribution in [3.8, 4) is 11.5 Å². The summed E-state index contributed by atoms with van der Waals surface area (Å²) in [5, 5.41) is 6.54. The molecule has 0 aliphatic rings. The van der Waals surface area contributed by atoms with E-state index in [4.69, 9.17) is 9.47 Å². The molecule has 0 bridgehead atoms. The van der Waals surface area contributed by atoms with E-state index >= 15 is 0 Å². The van der Waals surface area contributed by atoms with E-state index in [0.717, 1.165) is 22.1 Å². The number of hydrogen-bond acceptors (Lipinski definition) is 5. The second-order valence-electron chi connectivity index (χ2n) is 4.73. The van der Waals surface area contributed by atoms with E-state index in [1.165, 1.54) is 0 Å². The third-order valence-electron chi connectivity index (χ3n) is 2.95. The summed E-state index contributed by atoms with van der Waals surface area (Å²) in [5.41, 5.74) is 1.04. The van der Waals surface area contributed by atoms with E-state index in [0.29, 0.717) is 6.04 Å².